The topological polar surface area (TPSA) is 58.6 Å². The number of hydrogen-bond donors (Lipinski definition) is 0. The largest absolute Gasteiger partial charge is 2.00 e. The van der Waals surface area contributed by atoms with Crippen LogP contribution in [0.2, 0.25) is 0 Å². The van der Waals surface area contributed by atoms with Crippen LogP contribution in [-0.2, 0) is 4.57 Å². The third-order valence-electron chi connectivity index (χ3n) is 2.98. The number of halogens is 1. The molecule has 0 N–H and O–H groups in total. The van der Waals surface area contributed by atoms with Gasteiger partial charge in [-0.1, -0.05) is 0 Å². The van der Waals surface area contributed by atoms with Gasteiger partial charge in [0.15, 0.2) is 0 Å². The molecule has 0 amide bonds. The molecular weight excluding hydrogens is 347 g/mol. The van der Waals surface area contributed by atoms with Crippen molar-refractivity contribution in [2.75, 3.05) is 13.2 Å². The van der Waals surface area contributed by atoms with Crippen molar-refractivity contribution in [3.05, 3.63) is 48.5 Å². The fraction of sp³-hybridized carbons (Fsp3) is 0.250. The van der Waals surface area contributed by atoms with Gasteiger partial charge in [-0.2, -0.15) is 0 Å². The first kappa shape index (κ1) is 22.3. The monoisotopic (exact) mass is 364 g/mol. The van der Waals surface area contributed by atoms with Crippen LogP contribution >= 0.6 is 7.37 Å². The van der Waals surface area contributed by atoms with Gasteiger partial charge in [0.05, 0.1) is 20.6 Å². The van der Waals surface area contributed by atoms with E-state index in [-0.39, 0.29) is 46.1 Å². The molecule has 0 aliphatic heterocycles. The molecule has 0 unspecified atom stereocenters. The van der Waals surface area contributed by atoms with Crippen LogP contribution in [0.4, 0.5) is 0 Å². The molecule has 0 aliphatic carbocycles. The molecule has 0 heterocycles. The Morgan fingerprint density at radius 2 is 1.13 bits per heavy atom. The first-order chi connectivity index (χ1) is 10.1. The minimum absolute atomic E-state index is 0. The fourth-order valence-corrected chi connectivity index (χ4v) is 3.34. The van der Waals surface area contributed by atoms with E-state index in [9.17, 15) is 9.46 Å². The minimum atomic E-state index is -3.84. The Hall–Kier alpha value is -0.714. The van der Waals surface area contributed by atoms with Crippen molar-refractivity contribution in [3.63, 3.8) is 0 Å². The van der Waals surface area contributed by atoms with Gasteiger partial charge < -0.3 is 31.3 Å². The number of benzene rings is 2. The molecule has 0 saturated carbocycles. The first-order valence-electron chi connectivity index (χ1n) is 6.85. The van der Waals surface area contributed by atoms with Crippen LogP contribution in [0.5, 0.6) is 11.5 Å². The molecule has 0 aliphatic rings. The van der Waals surface area contributed by atoms with Crippen LogP contribution in [0.25, 0.3) is 0 Å². The molecule has 0 fully saturated rings. The van der Waals surface area contributed by atoms with Crippen molar-refractivity contribution in [2.45, 2.75) is 13.8 Å². The van der Waals surface area contributed by atoms with Crippen molar-refractivity contribution in [3.8, 4) is 11.5 Å². The molecule has 2 rings (SSSR count). The summed E-state index contributed by atoms with van der Waals surface area (Å²) in [5.74, 6) is 1.32. The Labute approximate surface area is 159 Å². The van der Waals surface area contributed by atoms with Gasteiger partial charge in [0.25, 0.3) is 0 Å². The zero-order chi connectivity index (χ0) is 15.3. The van der Waals surface area contributed by atoms with Crippen LogP contribution in [0.15, 0.2) is 48.5 Å². The van der Waals surface area contributed by atoms with Gasteiger partial charge in [-0.05, 0) is 62.4 Å². The molecule has 0 radical (unpaired) electrons. The van der Waals surface area contributed by atoms with E-state index in [1.54, 1.807) is 48.5 Å². The summed E-state index contributed by atoms with van der Waals surface area (Å²) in [4.78, 5) is 12.5. The predicted molar refractivity (Wildman–Crippen MR) is 87.9 cm³/mol. The SMILES string of the molecule is CCOc1ccc(P(=O)([O-])c2ccc(OCC)cc2)cc1.[Cl-].[Mg+2]. The average Bonchev–Trinajstić information content (AvgIpc) is 2.49. The molecule has 7 heteroatoms. The Kier molecular flexibility index (Phi) is 9.90. The smallest absolute Gasteiger partial charge is 1.00 e. The van der Waals surface area contributed by atoms with Crippen molar-refractivity contribution in [1.82, 2.24) is 0 Å². The summed E-state index contributed by atoms with van der Waals surface area (Å²) < 4.78 is 23.1. The van der Waals surface area contributed by atoms with Gasteiger partial charge in [0, 0.05) is 10.6 Å². The summed E-state index contributed by atoms with van der Waals surface area (Å²) >= 11 is 0. The number of ether oxygens (including phenoxy) is 2. The average molecular weight is 365 g/mol. The van der Waals surface area contributed by atoms with Crippen LogP contribution in [0.3, 0.4) is 0 Å². The maximum Gasteiger partial charge on any atom is 2.00 e. The van der Waals surface area contributed by atoms with E-state index in [1.165, 1.54) is 0 Å². The maximum absolute atomic E-state index is 12.5. The summed E-state index contributed by atoms with van der Waals surface area (Å²) in [5.41, 5.74) is 0. The maximum atomic E-state index is 12.5. The summed E-state index contributed by atoms with van der Waals surface area (Å²) in [6.07, 6.45) is 0. The zero-order valence-electron chi connectivity index (χ0n) is 13.2. The van der Waals surface area contributed by atoms with Crippen LogP contribution < -0.4 is 37.4 Å². The van der Waals surface area contributed by atoms with Gasteiger partial charge in [-0.25, -0.2) is 0 Å². The van der Waals surface area contributed by atoms with E-state index >= 15 is 0 Å². The number of hydrogen-bond acceptors (Lipinski definition) is 4. The summed E-state index contributed by atoms with van der Waals surface area (Å²) in [6, 6.07) is 12.9. The molecule has 0 spiro atoms. The Balaban J connectivity index is 0.00000242. The van der Waals surface area contributed by atoms with Crippen LogP contribution in [0.1, 0.15) is 13.8 Å². The third-order valence-corrected chi connectivity index (χ3v) is 4.93. The normalized spacial score (nSPS) is 10.2. The standard InChI is InChI=1S/C16H19O4P.ClH.Mg/c1-3-19-13-5-9-15(10-6-13)21(17,18)16-11-7-14(8-12-16)20-4-2;;/h5-12H,3-4H2,1-2H3,(H,17,18);1H;/q;;+2/p-2. The quantitative estimate of drug-likeness (QED) is 0.472. The minimum Gasteiger partial charge on any atom is -1.00 e. The summed E-state index contributed by atoms with van der Waals surface area (Å²) in [6.45, 7) is 4.86. The summed E-state index contributed by atoms with van der Waals surface area (Å²) in [5, 5.41) is 0.547. The second-order valence-electron chi connectivity index (χ2n) is 4.41. The molecule has 120 valence electrons. The molecule has 2 aromatic carbocycles. The van der Waals surface area contributed by atoms with E-state index < -0.39 is 7.37 Å². The van der Waals surface area contributed by atoms with Crippen molar-refractivity contribution in [2.24, 2.45) is 0 Å². The van der Waals surface area contributed by atoms with Gasteiger partial charge >= 0.3 is 23.1 Å². The molecule has 0 aromatic heterocycles. The molecule has 23 heavy (non-hydrogen) atoms. The molecule has 0 bridgehead atoms. The van der Waals surface area contributed by atoms with E-state index in [0.29, 0.717) is 24.7 Å². The second-order valence-corrected chi connectivity index (χ2v) is 6.54. The first-order valence-corrected chi connectivity index (χ1v) is 8.48. The molecule has 0 saturated heterocycles. The van der Waals surface area contributed by atoms with E-state index in [2.05, 4.69) is 0 Å². The van der Waals surface area contributed by atoms with Crippen LogP contribution in [0, 0.1) is 0 Å². The fourth-order valence-electron chi connectivity index (χ4n) is 1.96. The predicted octanol–water partition coefficient (Wildman–Crippen LogP) is -1.30. The van der Waals surface area contributed by atoms with E-state index in [0.717, 1.165) is 0 Å². The van der Waals surface area contributed by atoms with Gasteiger partial charge in [0.1, 0.15) is 11.5 Å². The van der Waals surface area contributed by atoms with Gasteiger partial charge in [-0.15, -0.1) is 0 Å². The van der Waals surface area contributed by atoms with Crippen molar-refractivity contribution >= 4 is 41.0 Å². The molecule has 2 aromatic rings. The third kappa shape index (κ3) is 5.70. The number of rotatable bonds is 6. The van der Waals surface area contributed by atoms with Crippen molar-refractivity contribution in [1.29, 1.82) is 0 Å². The van der Waals surface area contributed by atoms with E-state index in [4.69, 9.17) is 9.47 Å². The Morgan fingerprint density at radius 1 is 0.826 bits per heavy atom. The summed E-state index contributed by atoms with van der Waals surface area (Å²) in [7, 11) is -3.84. The van der Waals surface area contributed by atoms with Crippen molar-refractivity contribution < 1.29 is 31.3 Å². The van der Waals surface area contributed by atoms with Gasteiger partial charge in [0.2, 0.25) is 0 Å². The molecule has 0 atom stereocenters. The second kappa shape index (κ2) is 10.2. The van der Waals surface area contributed by atoms with Gasteiger partial charge in [-0.3, -0.25) is 0 Å². The molecular formula is C16H18ClMgO4P. The van der Waals surface area contributed by atoms with E-state index in [1.807, 2.05) is 13.8 Å². The van der Waals surface area contributed by atoms with Crippen LogP contribution in [-0.4, -0.2) is 36.3 Å². The zero-order valence-corrected chi connectivity index (χ0v) is 16.3. The Morgan fingerprint density at radius 3 is 1.39 bits per heavy atom. The Bertz CT molecular complexity index is 578. The molecule has 4 nitrogen and oxygen atoms in total.